The molecule has 31 heavy (non-hydrogen) atoms. The first-order valence-electron chi connectivity index (χ1n) is 10.4. The van der Waals surface area contributed by atoms with E-state index < -0.39 is 6.09 Å². The number of fused-ring (bicyclic) bond motifs is 1. The normalized spacial score (nSPS) is 16.5. The van der Waals surface area contributed by atoms with Crippen LogP contribution in [0.1, 0.15) is 23.2 Å². The predicted molar refractivity (Wildman–Crippen MR) is 120 cm³/mol. The molecule has 1 N–H and O–H groups in total. The number of halogens is 1. The summed E-state index contributed by atoms with van der Waals surface area (Å²) in [5.41, 5.74) is 1.30. The number of carbonyl (C=O) groups is 2. The topological polar surface area (TPSA) is 77.1 Å². The first-order valence-corrected chi connectivity index (χ1v) is 11.2. The van der Waals surface area contributed by atoms with Gasteiger partial charge in [-0.15, -0.1) is 0 Å². The lowest BCUT2D eigenvalue weighted by Crippen LogP contribution is -2.38. The van der Waals surface area contributed by atoms with Crippen LogP contribution in [0.2, 0.25) is 0 Å². The molecule has 164 valence electrons. The number of benzene rings is 2. The number of para-hydroxylation sites is 1. The summed E-state index contributed by atoms with van der Waals surface area (Å²) >= 11 is 3.40. The number of nitrogens with one attached hydrogen (secondary N) is 1. The predicted octanol–water partition coefficient (Wildman–Crippen LogP) is 4.36. The Kier molecular flexibility index (Phi) is 7.09. The molecule has 2 aromatic rings. The van der Waals surface area contributed by atoms with Crippen molar-refractivity contribution >= 4 is 33.5 Å². The maximum absolute atomic E-state index is 12.7. The van der Waals surface area contributed by atoms with Crippen LogP contribution in [0.3, 0.4) is 0 Å². The zero-order chi connectivity index (χ0) is 21.6. The monoisotopic (exact) mass is 488 g/mol. The molecule has 0 saturated carbocycles. The summed E-state index contributed by atoms with van der Waals surface area (Å²) in [6, 6.07) is 12.9. The molecular formula is C23H25BrN2O5. The minimum absolute atomic E-state index is 0.0492. The van der Waals surface area contributed by atoms with Gasteiger partial charge in [0.2, 0.25) is 0 Å². The first-order chi connectivity index (χ1) is 15.1. The van der Waals surface area contributed by atoms with Crippen molar-refractivity contribution in [3.63, 3.8) is 0 Å². The summed E-state index contributed by atoms with van der Waals surface area (Å²) in [6.07, 6.45) is 1.10. The quantitative estimate of drug-likeness (QED) is 0.608. The number of Topliss-reactive ketones (excluding diaryl/α,β-unsaturated/α-hetero) is 1. The maximum Gasteiger partial charge on any atom is 0.411 e. The Morgan fingerprint density at radius 2 is 1.81 bits per heavy atom. The number of piperidine rings is 1. The van der Waals surface area contributed by atoms with Crippen molar-refractivity contribution in [3.8, 4) is 11.5 Å². The van der Waals surface area contributed by atoms with Crippen LogP contribution in [0.5, 0.6) is 11.5 Å². The van der Waals surface area contributed by atoms with Gasteiger partial charge in [0, 0.05) is 22.5 Å². The van der Waals surface area contributed by atoms with Crippen molar-refractivity contribution in [3.05, 3.63) is 52.5 Å². The van der Waals surface area contributed by atoms with Gasteiger partial charge < -0.3 is 14.2 Å². The molecule has 1 amide bonds. The summed E-state index contributed by atoms with van der Waals surface area (Å²) in [7, 11) is 0. The molecule has 2 aliphatic rings. The van der Waals surface area contributed by atoms with Crippen LogP contribution in [0.4, 0.5) is 10.5 Å². The molecular weight excluding hydrogens is 464 g/mol. The molecule has 0 spiro atoms. The van der Waals surface area contributed by atoms with Crippen molar-refractivity contribution in [2.24, 2.45) is 5.92 Å². The van der Waals surface area contributed by atoms with Crippen molar-refractivity contribution in [1.29, 1.82) is 0 Å². The number of hydrogen-bond donors (Lipinski definition) is 1. The number of ketones is 1. The highest BCUT2D eigenvalue weighted by molar-refractivity contribution is 9.10. The second kappa shape index (κ2) is 10.2. The van der Waals surface area contributed by atoms with Crippen LogP contribution in [-0.4, -0.2) is 56.2 Å². The van der Waals surface area contributed by atoms with Gasteiger partial charge in [-0.1, -0.05) is 34.1 Å². The zero-order valence-corrected chi connectivity index (χ0v) is 18.7. The zero-order valence-electron chi connectivity index (χ0n) is 17.1. The highest BCUT2D eigenvalue weighted by Gasteiger charge is 2.26. The fourth-order valence-electron chi connectivity index (χ4n) is 3.85. The van der Waals surface area contributed by atoms with E-state index in [2.05, 4.69) is 26.1 Å². The SMILES string of the molecule is O=C(Nc1cccc2c1OCCO2)OCCN1CCC(C(=O)c2ccc(Br)cc2)CC1. The van der Waals surface area contributed by atoms with Gasteiger partial charge in [0.05, 0.1) is 5.69 Å². The lowest BCUT2D eigenvalue weighted by molar-refractivity contribution is 0.0813. The van der Waals surface area contributed by atoms with Gasteiger partial charge in [-0.25, -0.2) is 4.79 Å². The number of anilines is 1. The lowest BCUT2D eigenvalue weighted by atomic mass is 9.89. The van der Waals surface area contributed by atoms with E-state index in [1.807, 2.05) is 24.3 Å². The van der Waals surface area contributed by atoms with Gasteiger partial charge in [-0.05, 0) is 50.2 Å². The first kappa shape index (κ1) is 21.6. The van der Waals surface area contributed by atoms with Crippen molar-refractivity contribution in [2.45, 2.75) is 12.8 Å². The van der Waals surface area contributed by atoms with Crippen LogP contribution in [0.15, 0.2) is 46.9 Å². The molecule has 0 unspecified atom stereocenters. The average molecular weight is 489 g/mol. The van der Waals surface area contributed by atoms with Crippen LogP contribution in [0.25, 0.3) is 0 Å². The largest absolute Gasteiger partial charge is 0.486 e. The molecule has 2 aromatic carbocycles. The fourth-order valence-corrected chi connectivity index (χ4v) is 4.12. The third-order valence-corrected chi connectivity index (χ3v) is 6.06. The summed E-state index contributed by atoms with van der Waals surface area (Å²) in [5, 5.41) is 2.72. The Morgan fingerprint density at radius 3 is 2.58 bits per heavy atom. The molecule has 4 rings (SSSR count). The van der Waals surface area contributed by atoms with Gasteiger partial charge in [0.25, 0.3) is 0 Å². The molecule has 1 saturated heterocycles. The van der Waals surface area contributed by atoms with Crippen LogP contribution in [0, 0.1) is 5.92 Å². The number of nitrogens with zero attached hydrogens (tertiary/aromatic N) is 1. The van der Waals surface area contributed by atoms with E-state index in [9.17, 15) is 9.59 Å². The average Bonchev–Trinajstić information content (AvgIpc) is 2.80. The van der Waals surface area contributed by atoms with E-state index >= 15 is 0 Å². The molecule has 7 nitrogen and oxygen atoms in total. The molecule has 0 radical (unpaired) electrons. The smallest absolute Gasteiger partial charge is 0.411 e. The van der Waals surface area contributed by atoms with Gasteiger partial charge in [-0.3, -0.25) is 15.0 Å². The maximum atomic E-state index is 12.7. The third-order valence-electron chi connectivity index (χ3n) is 5.53. The van der Waals surface area contributed by atoms with E-state index in [0.717, 1.165) is 36.0 Å². The molecule has 0 aliphatic carbocycles. The number of rotatable bonds is 6. The van der Waals surface area contributed by atoms with Gasteiger partial charge in [0.1, 0.15) is 19.8 Å². The van der Waals surface area contributed by atoms with E-state index in [0.29, 0.717) is 36.9 Å². The fraction of sp³-hybridized carbons (Fsp3) is 0.391. The second-order valence-corrected chi connectivity index (χ2v) is 8.49. The van der Waals surface area contributed by atoms with Crippen molar-refractivity contribution in [2.75, 3.05) is 44.8 Å². The third kappa shape index (κ3) is 5.57. The highest BCUT2D eigenvalue weighted by atomic mass is 79.9. The number of carbonyl (C=O) groups excluding carboxylic acids is 2. The van der Waals surface area contributed by atoms with Crippen LogP contribution in [-0.2, 0) is 4.74 Å². The lowest BCUT2D eigenvalue weighted by Gasteiger charge is -2.31. The number of amides is 1. The minimum Gasteiger partial charge on any atom is -0.486 e. The Bertz CT molecular complexity index is 926. The van der Waals surface area contributed by atoms with E-state index in [4.69, 9.17) is 14.2 Å². The second-order valence-electron chi connectivity index (χ2n) is 7.58. The van der Waals surface area contributed by atoms with E-state index in [-0.39, 0.29) is 18.3 Å². The van der Waals surface area contributed by atoms with Crippen molar-refractivity contribution < 1.29 is 23.8 Å². The Morgan fingerprint density at radius 1 is 1.06 bits per heavy atom. The van der Waals surface area contributed by atoms with E-state index in [1.54, 1.807) is 18.2 Å². The Hall–Kier alpha value is -2.58. The summed E-state index contributed by atoms with van der Waals surface area (Å²) in [6.45, 7) is 3.49. The van der Waals surface area contributed by atoms with Crippen LogP contribution >= 0.6 is 15.9 Å². The Labute approximate surface area is 189 Å². The molecule has 2 heterocycles. The minimum atomic E-state index is -0.525. The number of likely N-dealkylation sites (tertiary alicyclic amines) is 1. The summed E-state index contributed by atoms with van der Waals surface area (Å²) < 4.78 is 17.4. The van der Waals surface area contributed by atoms with Gasteiger partial charge >= 0.3 is 6.09 Å². The Balaban J connectivity index is 1.19. The molecule has 0 aromatic heterocycles. The molecule has 1 fully saturated rings. The number of hydrogen-bond acceptors (Lipinski definition) is 6. The molecule has 0 atom stereocenters. The van der Waals surface area contributed by atoms with Gasteiger partial charge in [0.15, 0.2) is 17.3 Å². The molecule has 0 bridgehead atoms. The number of ether oxygens (including phenoxy) is 3. The molecule has 8 heteroatoms. The summed E-state index contributed by atoms with van der Waals surface area (Å²) in [5.74, 6) is 1.40. The van der Waals surface area contributed by atoms with Crippen LogP contribution < -0.4 is 14.8 Å². The standard InChI is InChI=1S/C23H25BrN2O5/c24-18-6-4-16(5-7-18)21(27)17-8-10-26(11-9-17)12-13-31-23(28)25-19-2-1-3-20-22(19)30-15-14-29-20/h1-7,17H,8-15H2,(H,25,28). The van der Waals surface area contributed by atoms with Crippen molar-refractivity contribution in [1.82, 2.24) is 4.90 Å². The molecule has 2 aliphatic heterocycles. The summed E-state index contributed by atoms with van der Waals surface area (Å²) in [4.78, 5) is 27.1. The van der Waals surface area contributed by atoms with E-state index in [1.165, 1.54) is 0 Å². The highest BCUT2D eigenvalue weighted by Crippen LogP contribution is 2.37. The van der Waals surface area contributed by atoms with Gasteiger partial charge in [-0.2, -0.15) is 0 Å².